The van der Waals surface area contributed by atoms with Crippen LogP contribution in [0.3, 0.4) is 0 Å². The predicted molar refractivity (Wildman–Crippen MR) is 86.5 cm³/mol. The molecule has 2 aromatic heterocycles. The molecule has 8 heteroatoms. The number of nitrogens with one attached hydrogen (secondary N) is 2. The number of amides is 1. The Labute approximate surface area is 133 Å². The van der Waals surface area contributed by atoms with E-state index in [2.05, 4.69) is 22.3 Å². The first-order chi connectivity index (χ1) is 11.0. The lowest BCUT2D eigenvalue weighted by Crippen LogP contribution is -2.40. The van der Waals surface area contributed by atoms with Gasteiger partial charge in [-0.05, 0) is 12.5 Å². The molecule has 0 saturated carbocycles. The summed E-state index contributed by atoms with van der Waals surface area (Å²) in [6, 6.07) is 1.09. The maximum atomic E-state index is 12.1. The van der Waals surface area contributed by atoms with Crippen molar-refractivity contribution in [2.24, 2.45) is 7.05 Å². The van der Waals surface area contributed by atoms with Gasteiger partial charge in [-0.25, -0.2) is 14.2 Å². The van der Waals surface area contributed by atoms with Crippen LogP contribution in [0.4, 0.5) is 4.79 Å². The quantitative estimate of drug-likeness (QED) is 0.778. The maximum absolute atomic E-state index is 12.1. The molecule has 0 aliphatic carbocycles. The standard InChI is InChI=1S/C15H21N5O3/c1-3-4-5-6-8-16-14(22)20-10-11(13(21)18-15(20)23)12-7-9-17-19(12)2/h7,9-10H,3-6,8H2,1-2H3,(H,16,22)(H,18,21,23). The number of unbranched alkanes of at least 4 members (excludes halogenated alkanes) is 3. The summed E-state index contributed by atoms with van der Waals surface area (Å²) in [4.78, 5) is 38.1. The van der Waals surface area contributed by atoms with E-state index in [4.69, 9.17) is 0 Å². The molecular formula is C15H21N5O3. The summed E-state index contributed by atoms with van der Waals surface area (Å²) in [6.07, 6.45) is 6.89. The number of nitrogens with zero attached hydrogens (tertiary/aromatic N) is 3. The van der Waals surface area contributed by atoms with Gasteiger partial charge in [-0.2, -0.15) is 5.10 Å². The molecule has 0 unspecified atom stereocenters. The van der Waals surface area contributed by atoms with E-state index in [9.17, 15) is 14.4 Å². The highest BCUT2D eigenvalue weighted by Crippen LogP contribution is 2.11. The molecule has 0 aliphatic heterocycles. The third-order valence-corrected chi connectivity index (χ3v) is 3.56. The van der Waals surface area contributed by atoms with E-state index < -0.39 is 17.3 Å². The summed E-state index contributed by atoms with van der Waals surface area (Å²) in [5.41, 5.74) is -0.570. The van der Waals surface area contributed by atoms with Gasteiger partial charge in [0.05, 0.1) is 11.3 Å². The predicted octanol–water partition coefficient (Wildman–Crippen LogP) is 1.08. The molecule has 0 atom stereocenters. The minimum absolute atomic E-state index is 0.214. The van der Waals surface area contributed by atoms with Crippen molar-refractivity contribution in [2.75, 3.05) is 6.54 Å². The summed E-state index contributed by atoms with van der Waals surface area (Å²) in [7, 11) is 1.68. The lowest BCUT2D eigenvalue weighted by atomic mass is 10.2. The fraction of sp³-hybridized carbons (Fsp3) is 0.467. The summed E-state index contributed by atoms with van der Waals surface area (Å²) >= 11 is 0. The van der Waals surface area contributed by atoms with Gasteiger partial charge < -0.3 is 5.32 Å². The van der Waals surface area contributed by atoms with Crippen molar-refractivity contribution in [1.82, 2.24) is 24.6 Å². The van der Waals surface area contributed by atoms with Crippen molar-refractivity contribution >= 4 is 6.03 Å². The van der Waals surface area contributed by atoms with Gasteiger partial charge in [-0.3, -0.25) is 14.5 Å². The van der Waals surface area contributed by atoms with Crippen molar-refractivity contribution in [3.05, 3.63) is 39.3 Å². The van der Waals surface area contributed by atoms with E-state index in [1.54, 1.807) is 13.1 Å². The number of hydrogen-bond donors (Lipinski definition) is 2. The van der Waals surface area contributed by atoms with Gasteiger partial charge in [0.1, 0.15) is 0 Å². The summed E-state index contributed by atoms with van der Waals surface area (Å²) in [6.45, 7) is 2.60. The first-order valence-electron chi connectivity index (χ1n) is 7.67. The molecule has 23 heavy (non-hydrogen) atoms. The number of aromatic nitrogens is 4. The van der Waals surface area contributed by atoms with Crippen LogP contribution < -0.4 is 16.6 Å². The van der Waals surface area contributed by atoms with E-state index in [0.29, 0.717) is 12.2 Å². The highest BCUT2D eigenvalue weighted by atomic mass is 16.2. The number of carbonyl (C=O) groups excluding carboxylic acids is 1. The smallest absolute Gasteiger partial charge is 0.336 e. The van der Waals surface area contributed by atoms with Crippen LogP contribution in [0.2, 0.25) is 0 Å². The van der Waals surface area contributed by atoms with Gasteiger partial charge in [0.2, 0.25) is 0 Å². The van der Waals surface area contributed by atoms with Crippen molar-refractivity contribution in [3.8, 4) is 11.3 Å². The number of aromatic amines is 1. The van der Waals surface area contributed by atoms with Crippen LogP contribution in [0.5, 0.6) is 0 Å². The Morgan fingerprint density at radius 1 is 1.30 bits per heavy atom. The molecule has 0 bridgehead atoms. The molecule has 8 nitrogen and oxygen atoms in total. The molecule has 0 spiro atoms. The molecule has 1 amide bonds. The third-order valence-electron chi connectivity index (χ3n) is 3.56. The fourth-order valence-electron chi connectivity index (χ4n) is 2.27. The van der Waals surface area contributed by atoms with Crippen molar-refractivity contribution in [1.29, 1.82) is 0 Å². The Kier molecular flexibility index (Phi) is 5.51. The topological polar surface area (TPSA) is 102 Å². The van der Waals surface area contributed by atoms with Gasteiger partial charge >= 0.3 is 11.7 Å². The Morgan fingerprint density at radius 2 is 2.09 bits per heavy atom. The molecule has 0 saturated heterocycles. The maximum Gasteiger partial charge on any atom is 0.336 e. The minimum atomic E-state index is -0.757. The number of aryl methyl sites for hydroxylation is 1. The van der Waals surface area contributed by atoms with Crippen LogP contribution in [-0.4, -0.2) is 31.9 Å². The summed E-state index contributed by atoms with van der Waals surface area (Å²) in [5.74, 6) is 0. The van der Waals surface area contributed by atoms with Crippen LogP contribution in [0, 0.1) is 0 Å². The molecular weight excluding hydrogens is 298 g/mol. The number of H-pyrrole nitrogens is 1. The third kappa shape index (κ3) is 3.97. The molecule has 124 valence electrons. The lowest BCUT2D eigenvalue weighted by Gasteiger charge is -2.08. The summed E-state index contributed by atoms with van der Waals surface area (Å²) in [5, 5.41) is 6.67. The Morgan fingerprint density at radius 3 is 2.74 bits per heavy atom. The zero-order valence-electron chi connectivity index (χ0n) is 13.3. The monoisotopic (exact) mass is 319 g/mol. The molecule has 2 N–H and O–H groups in total. The zero-order valence-corrected chi connectivity index (χ0v) is 13.3. The average Bonchev–Trinajstić information content (AvgIpc) is 2.93. The van der Waals surface area contributed by atoms with Gasteiger partial charge in [-0.15, -0.1) is 0 Å². The Bertz CT molecular complexity index is 787. The second-order valence-electron chi connectivity index (χ2n) is 5.30. The Hall–Kier alpha value is -2.64. The van der Waals surface area contributed by atoms with Gasteiger partial charge in [0.15, 0.2) is 0 Å². The van der Waals surface area contributed by atoms with E-state index in [1.807, 2.05) is 0 Å². The highest BCUT2D eigenvalue weighted by Gasteiger charge is 2.14. The van der Waals surface area contributed by atoms with E-state index in [-0.39, 0.29) is 5.56 Å². The SMILES string of the molecule is CCCCCCNC(=O)n1cc(-c2ccnn2C)c(=O)[nH]c1=O. The van der Waals surface area contributed by atoms with Crippen molar-refractivity contribution in [2.45, 2.75) is 32.6 Å². The molecule has 0 radical (unpaired) electrons. The second-order valence-corrected chi connectivity index (χ2v) is 5.30. The normalized spacial score (nSPS) is 10.7. The molecule has 2 heterocycles. The molecule has 2 rings (SSSR count). The highest BCUT2D eigenvalue weighted by molar-refractivity contribution is 5.77. The number of carbonyl (C=O) groups is 1. The second kappa shape index (κ2) is 7.57. The van der Waals surface area contributed by atoms with Gasteiger partial charge in [0.25, 0.3) is 5.56 Å². The molecule has 0 aliphatic rings. The van der Waals surface area contributed by atoms with Crippen LogP contribution in [0.1, 0.15) is 32.6 Å². The van der Waals surface area contributed by atoms with Gasteiger partial charge in [-0.1, -0.05) is 26.2 Å². The summed E-state index contributed by atoms with van der Waals surface area (Å²) < 4.78 is 2.38. The van der Waals surface area contributed by atoms with Crippen LogP contribution in [-0.2, 0) is 7.05 Å². The van der Waals surface area contributed by atoms with Crippen LogP contribution >= 0.6 is 0 Å². The first kappa shape index (κ1) is 16.7. The van der Waals surface area contributed by atoms with Gasteiger partial charge in [0, 0.05) is 26.0 Å². The van der Waals surface area contributed by atoms with E-state index in [1.165, 1.54) is 17.1 Å². The fourth-order valence-corrected chi connectivity index (χ4v) is 2.27. The zero-order chi connectivity index (χ0) is 16.8. The van der Waals surface area contributed by atoms with E-state index in [0.717, 1.165) is 30.3 Å². The van der Waals surface area contributed by atoms with Crippen molar-refractivity contribution < 1.29 is 4.79 Å². The lowest BCUT2D eigenvalue weighted by molar-refractivity contribution is 0.241. The largest absolute Gasteiger partial charge is 0.337 e. The minimum Gasteiger partial charge on any atom is -0.337 e. The number of rotatable bonds is 6. The molecule has 0 fully saturated rings. The van der Waals surface area contributed by atoms with Crippen molar-refractivity contribution in [3.63, 3.8) is 0 Å². The average molecular weight is 319 g/mol. The van der Waals surface area contributed by atoms with Crippen LogP contribution in [0.25, 0.3) is 11.3 Å². The van der Waals surface area contributed by atoms with E-state index >= 15 is 0 Å². The number of hydrogen-bond acceptors (Lipinski definition) is 4. The molecule has 0 aromatic carbocycles. The molecule has 2 aromatic rings. The first-order valence-corrected chi connectivity index (χ1v) is 7.67. The Balaban J connectivity index is 2.19. The van der Waals surface area contributed by atoms with Crippen LogP contribution in [0.15, 0.2) is 28.0 Å².